The van der Waals surface area contributed by atoms with Gasteiger partial charge < -0.3 is 10.1 Å². The van der Waals surface area contributed by atoms with Crippen LogP contribution in [0.25, 0.3) is 0 Å². The maximum Gasteiger partial charge on any atom is 0.416 e. The quantitative estimate of drug-likeness (QED) is 0.316. The van der Waals surface area contributed by atoms with Crippen LogP contribution in [0.15, 0.2) is 59.5 Å². The third-order valence-electron chi connectivity index (χ3n) is 7.13. The van der Waals surface area contributed by atoms with Gasteiger partial charge >= 0.3 is 12.1 Å². The Morgan fingerprint density at radius 2 is 1.62 bits per heavy atom. The molecule has 1 saturated heterocycles. The normalized spacial score (nSPS) is 18.9. The van der Waals surface area contributed by atoms with Crippen LogP contribution in [0.4, 0.5) is 13.2 Å². The summed E-state index contributed by atoms with van der Waals surface area (Å²) in [6, 6.07) is 10.1. The Labute approximate surface area is 238 Å². The zero-order valence-corrected chi connectivity index (χ0v) is 23.4. The lowest BCUT2D eigenvalue weighted by Gasteiger charge is -2.35. The molecule has 1 amide bonds. The number of halogens is 4. The second-order valence-corrected chi connectivity index (χ2v) is 11.5. The summed E-state index contributed by atoms with van der Waals surface area (Å²) in [5, 5.41) is 4.03. The number of alkyl halides is 3. The maximum atomic E-state index is 13.8. The van der Waals surface area contributed by atoms with Gasteiger partial charge in [0, 0.05) is 5.92 Å². The van der Waals surface area contributed by atoms with Crippen LogP contribution in [-0.2, 0) is 30.5 Å². The van der Waals surface area contributed by atoms with E-state index in [4.69, 9.17) is 4.74 Å². The first-order valence-electron chi connectivity index (χ1n) is 13.0. The molecule has 1 aliphatic carbocycles. The number of hydrogen-bond acceptors (Lipinski definition) is 6. The molecule has 220 valence electrons. The molecule has 40 heavy (non-hydrogen) atoms. The van der Waals surface area contributed by atoms with Crippen molar-refractivity contribution in [1.82, 2.24) is 15.2 Å². The minimum absolute atomic E-state index is 0. The number of hydrogen-bond donors (Lipinski definition) is 2. The number of amides is 1. The minimum atomic E-state index is -4.63. The van der Waals surface area contributed by atoms with Gasteiger partial charge in [-0.1, -0.05) is 49.6 Å². The van der Waals surface area contributed by atoms with Crippen LogP contribution < -0.4 is 10.1 Å². The van der Waals surface area contributed by atoms with E-state index in [1.807, 2.05) is 0 Å². The van der Waals surface area contributed by atoms with E-state index in [2.05, 4.69) is 10.1 Å². The fraction of sp³-hybridized carbons (Fsp3) is 0.481. The van der Waals surface area contributed by atoms with E-state index in [-0.39, 0.29) is 19.0 Å². The number of sulfonamides is 1. The molecule has 13 heteroatoms. The van der Waals surface area contributed by atoms with Crippen LogP contribution in [0.5, 0.6) is 0 Å². The van der Waals surface area contributed by atoms with Gasteiger partial charge in [-0.25, -0.2) is 8.42 Å². The van der Waals surface area contributed by atoms with Crippen LogP contribution in [0.3, 0.4) is 0 Å². The van der Waals surface area contributed by atoms with Gasteiger partial charge in [0.25, 0.3) is 10.0 Å². The number of carbonyl (C=O) groups excluding carboxylic acids is 2. The molecule has 1 aliphatic heterocycles. The van der Waals surface area contributed by atoms with E-state index in [1.165, 1.54) is 0 Å². The van der Waals surface area contributed by atoms with Gasteiger partial charge in [-0.05, 0) is 62.1 Å². The van der Waals surface area contributed by atoms with Crippen LogP contribution in [0.1, 0.15) is 62.1 Å². The molecule has 0 aromatic heterocycles. The van der Waals surface area contributed by atoms with Gasteiger partial charge in [-0.3, -0.25) is 14.6 Å². The summed E-state index contributed by atoms with van der Waals surface area (Å²) in [6.45, 7) is 0.371. The van der Waals surface area contributed by atoms with Crippen molar-refractivity contribution in [2.45, 2.75) is 68.1 Å². The molecule has 4 rings (SSSR count). The fourth-order valence-electron chi connectivity index (χ4n) is 4.96. The Kier molecular flexibility index (Phi) is 11.0. The molecule has 1 unspecified atom stereocenters. The molecular formula is C27H33ClF3N3O5S. The van der Waals surface area contributed by atoms with Crippen molar-refractivity contribution in [3.05, 3.63) is 65.7 Å². The molecule has 1 heterocycles. The largest absolute Gasteiger partial charge is 0.462 e. The first-order valence-corrected chi connectivity index (χ1v) is 14.5. The van der Waals surface area contributed by atoms with Crippen LogP contribution >= 0.6 is 12.4 Å². The maximum absolute atomic E-state index is 13.8. The first-order chi connectivity index (χ1) is 18.6. The van der Waals surface area contributed by atoms with Gasteiger partial charge in [0.05, 0.1) is 10.5 Å². The summed E-state index contributed by atoms with van der Waals surface area (Å²) in [5.74, 6) is -1.43. The third-order valence-corrected chi connectivity index (χ3v) is 8.46. The van der Waals surface area contributed by atoms with Crippen molar-refractivity contribution in [3.63, 3.8) is 0 Å². The van der Waals surface area contributed by atoms with Gasteiger partial charge in [0.15, 0.2) is 0 Å². The molecule has 0 bridgehead atoms. The van der Waals surface area contributed by atoms with E-state index >= 15 is 0 Å². The molecule has 0 spiro atoms. The van der Waals surface area contributed by atoms with E-state index in [1.54, 1.807) is 30.3 Å². The average Bonchev–Trinajstić information content (AvgIpc) is 3.48. The van der Waals surface area contributed by atoms with Gasteiger partial charge in [0.2, 0.25) is 5.91 Å². The summed E-state index contributed by atoms with van der Waals surface area (Å²) >= 11 is 0. The van der Waals surface area contributed by atoms with Crippen LogP contribution in [0.2, 0.25) is 0 Å². The van der Waals surface area contributed by atoms with Crippen LogP contribution in [-0.4, -0.2) is 44.5 Å². The predicted molar refractivity (Wildman–Crippen MR) is 144 cm³/mol. The number of benzene rings is 2. The van der Waals surface area contributed by atoms with Gasteiger partial charge in [-0.15, -0.1) is 17.2 Å². The smallest absolute Gasteiger partial charge is 0.416 e. The monoisotopic (exact) mass is 603 g/mol. The summed E-state index contributed by atoms with van der Waals surface area (Å²) in [4.78, 5) is 28.4. The molecule has 2 fully saturated rings. The molecule has 2 atom stereocenters. The Balaban J connectivity index is 0.00000441. The van der Waals surface area contributed by atoms with E-state index in [0.29, 0.717) is 43.5 Å². The molecule has 2 aromatic rings. The topological polar surface area (TPSA) is 105 Å². The standard InChI is InChI=1S/C27H32F3N3O5S.ClH/c28-27(29,30)21-13-15-22(16-14-21)39(36,37)32-33(25(34)20-10-5-2-6-11-20)24(19-8-3-1-4-9-19)18-38-26(35)23-12-7-17-31-23;/h1,3-4,8-9,13-16,20,23-24,31-32H,2,5-7,10-12,17-18H2;1H/t23?,24-;/m1./s1. The Morgan fingerprint density at radius 3 is 2.20 bits per heavy atom. The van der Waals surface area contributed by atoms with E-state index < -0.39 is 56.5 Å². The number of nitrogens with one attached hydrogen (secondary N) is 2. The molecular weight excluding hydrogens is 571 g/mol. The van der Waals surface area contributed by atoms with E-state index in [0.717, 1.165) is 42.8 Å². The second kappa shape index (κ2) is 13.8. The summed E-state index contributed by atoms with van der Waals surface area (Å²) in [7, 11) is -4.48. The average molecular weight is 604 g/mol. The highest BCUT2D eigenvalue weighted by molar-refractivity contribution is 7.89. The number of ether oxygens (including phenoxy) is 1. The highest BCUT2D eigenvalue weighted by Gasteiger charge is 2.37. The third kappa shape index (κ3) is 7.96. The highest BCUT2D eigenvalue weighted by Crippen LogP contribution is 2.32. The van der Waals surface area contributed by atoms with E-state index in [9.17, 15) is 31.2 Å². The zero-order valence-electron chi connectivity index (χ0n) is 21.7. The minimum Gasteiger partial charge on any atom is -0.462 e. The lowest BCUT2D eigenvalue weighted by atomic mass is 9.88. The predicted octanol–water partition coefficient (Wildman–Crippen LogP) is 4.77. The second-order valence-electron chi connectivity index (χ2n) is 9.87. The van der Waals surface area contributed by atoms with Crippen molar-refractivity contribution in [3.8, 4) is 0 Å². The van der Waals surface area contributed by atoms with Gasteiger partial charge in [0.1, 0.15) is 18.7 Å². The summed E-state index contributed by atoms with van der Waals surface area (Å²) in [5.41, 5.74) is -0.463. The summed E-state index contributed by atoms with van der Waals surface area (Å²) in [6.07, 6.45) is 0.545. The Hall–Kier alpha value is -2.67. The molecule has 2 aliphatic rings. The number of nitrogens with zero attached hydrogens (tertiary/aromatic N) is 1. The van der Waals surface area contributed by atoms with Crippen molar-refractivity contribution >= 4 is 34.3 Å². The number of rotatable bonds is 9. The number of esters is 1. The summed E-state index contributed by atoms with van der Waals surface area (Å²) < 4.78 is 71.4. The fourth-order valence-corrected chi connectivity index (χ4v) is 6.03. The highest BCUT2D eigenvalue weighted by atomic mass is 35.5. The number of hydrazine groups is 1. The van der Waals surface area contributed by atoms with Crippen molar-refractivity contribution < 1.29 is 35.9 Å². The molecule has 2 aromatic carbocycles. The Morgan fingerprint density at radius 1 is 0.975 bits per heavy atom. The van der Waals surface area contributed by atoms with Crippen molar-refractivity contribution in [2.75, 3.05) is 13.2 Å². The van der Waals surface area contributed by atoms with Crippen molar-refractivity contribution in [2.24, 2.45) is 5.92 Å². The zero-order chi connectivity index (χ0) is 28.0. The number of carbonyl (C=O) groups is 2. The lowest BCUT2D eigenvalue weighted by molar-refractivity contribution is -0.152. The van der Waals surface area contributed by atoms with Gasteiger partial charge in [-0.2, -0.15) is 13.2 Å². The van der Waals surface area contributed by atoms with Crippen LogP contribution in [0, 0.1) is 5.92 Å². The Bertz CT molecular complexity index is 1230. The molecule has 2 N–H and O–H groups in total. The SMILES string of the molecule is Cl.O=C(OC[C@H](c1ccccc1)N(NS(=O)(=O)c1ccc(C(F)(F)F)cc1)C(=O)C1CCCCC1)C1CCCN1. The lowest BCUT2D eigenvalue weighted by Crippen LogP contribution is -2.52. The molecule has 0 radical (unpaired) electrons. The first kappa shape index (κ1) is 31.9. The molecule has 1 saturated carbocycles. The molecule has 8 nitrogen and oxygen atoms in total. The van der Waals surface area contributed by atoms with Crippen molar-refractivity contribution in [1.29, 1.82) is 0 Å².